The molecule has 0 spiro atoms. The molecule has 3 heterocycles. The van der Waals surface area contributed by atoms with E-state index in [1.54, 1.807) is 20.8 Å². The Bertz CT molecular complexity index is 1440. The van der Waals surface area contributed by atoms with Gasteiger partial charge in [-0.1, -0.05) is 30.0 Å². The van der Waals surface area contributed by atoms with Gasteiger partial charge in [-0.3, -0.25) is 9.20 Å². The largest absolute Gasteiger partial charge is 0.462 e. The van der Waals surface area contributed by atoms with Crippen LogP contribution in [0.4, 0.5) is 5.00 Å². The van der Waals surface area contributed by atoms with E-state index in [9.17, 15) is 14.4 Å². The monoisotopic (exact) mass is 512 g/mol. The summed E-state index contributed by atoms with van der Waals surface area (Å²) in [7, 11) is 0. The van der Waals surface area contributed by atoms with Gasteiger partial charge >= 0.3 is 11.9 Å². The number of para-hydroxylation sites is 1. The summed E-state index contributed by atoms with van der Waals surface area (Å²) in [6.07, 6.45) is 0. The number of aryl methyl sites for hydroxylation is 1. The molecule has 35 heavy (non-hydrogen) atoms. The number of aromatic nitrogens is 3. The van der Waals surface area contributed by atoms with Crippen LogP contribution in [-0.2, 0) is 14.3 Å². The lowest BCUT2D eigenvalue weighted by molar-refractivity contribution is -0.113. The van der Waals surface area contributed by atoms with Gasteiger partial charge < -0.3 is 14.8 Å². The fraction of sp³-hybridized carbons (Fsp3) is 0.292. The number of benzene rings is 1. The Morgan fingerprint density at radius 2 is 1.77 bits per heavy atom. The highest BCUT2D eigenvalue weighted by Gasteiger charge is 2.27. The molecule has 1 aromatic carbocycles. The molecule has 1 amide bonds. The fourth-order valence-corrected chi connectivity index (χ4v) is 5.56. The molecule has 1 N–H and O–H groups in total. The number of pyridine rings is 1. The van der Waals surface area contributed by atoms with Crippen LogP contribution in [0.1, 0.15) is 45.0 Å². The van der Waals surface area contributed by atoms with Crippen LogP contribution in [0.15, 0.2) is 35.5 Å². The van der Waals surface area contributed by atoms with Crippen molar-refractivity contribution in [1.82, 2.24) is 14.6 Å². The minimum atomic E-state index is -0.606. The molecule has 9 nitrogen and oxygen atoms in total. The Kier molecular flexibility index (Phi) is 7.37. The predicted molar refractivity (Wildman–Crippen MR) is 136 cm³/mol. The van der Waals surface area contributed by atoms with Crippen LogP contribution < -0.4 is 5.32 Å². The van der Waals surface area contributed by atoms with Gasteiger partial charge in [0.25, 0.3) is 0 Å². The number of esters is 2. The number of anilines is 1. The van der Waals surface area contributed by atoms with Gasteiger partial charge in [0.1, 0.15) is 9.88 Å². The van der Waals surface area contributed by atoms with Crippen molar-refractivity contribution in [2.75, 3.05) is 24.3 Å². The maximum atomic E-state index is 12.9. The van der Waals surface area contributed by atoms with Gasteiger partial charge in [-0.25, -0.2) is 9.59 Å². The molecule has 0 fully saturated rings. The molecule has 0 unspecified atom stereocenters. The number of thiophene rings is 1. The lowest BCUT2D eigenvalue weighted by Crippen LogP contribution is -2.16. The van der Waals surface area contributed by atoms with Crippen LogP contribution in [-0.4, -0.2) is 51.4 Å². The number of rotatable bonds is 8. The topological polar surface area (TPSA) is 112 Å². The first-order valence-electron chi connectivity index (χ1n) is 11.0. The molecule has 3 aromatic heterocycles. The molecule has 4 aromatic rings. The van der Waals surface area contributed by atoms with Gasteiger partial charge in [0.05, 0.1) is 30.0 Å². The van der Waals surface area contributed by atoms with E-state index in [-0.39, 0.29) is 40.3 Å². The molecule has 11 heteroatoms. The summed E-state index contributed by atoms with van der Waals surface area (Å²) in [5.74, 6) is -1.49. The molecule has 4 rings (SSSR count). The predicted octanol–water partition coefficient (Wildman–Crippen LogP) is 4.65. The van der Waals surface area contributed by atoms with Crippen molar-refractivity contribution in [3.8, 4) is 0 Å². The molecule has 0 saturated carbocycles. The van der Waals surface area contributed by atoms with Crippen molar-refractivity contribution in [2.45, 2.75) is 32.9 Å². The number of fused-ring (bicyclic) bond motifs is 3. The maximum absolute atomic E-state index is 12.9. The molecule has 0 radical (unpaired) electrons. The summed E-state index contributed by atoms with van der Waals surface area (Å²) in [4.78, 5) is 38.0. The number of hydrogen-bond acceptors (Lipinski definition) is 9. The van der Waals surface area contributed by atoms with E-state index in [1.165, 1.54) is 11.8 Å². The van der Waals surface area contributed by atoms with Gasteiger partial charge in [0.15, 0.2) is 10.8 Å². The van der Waals surface area contributed by atoms with E-state index in [4.69, 9.17) is 9.47 Å². The number of carbonyl (C=O) groups excluding carboxylic acids is 3. The van der Waals surface area contributed by atoms with Crippen LogP contribution in [0.3, 0.4) is 0 Å². The summed E-state index contributed by atoms with van der Waals surface area (Å²) in [5, 5.41) is 13.2. The Balaban J connectivity index is 1.58. The van der Waals surface area contributed by atoms with E-state index in [1.807, 2.05) is 41.7 Å². The third-order valence-corrected chi connectivity index (χ3v) is 7.36. The summed E-state index contributed by atoms with van der Waals surface area (Å²) >= 11 is 2.23. The van der Waals surface area contributed by atoms with Crippen LogP contribution in [0.2, 0.25) is 0 Å². The second-order valence-corrected chi connectivity index (χ2v) is 9.52. The van der Waals surface area contributed by atoms with Crippen molar-refractivity contribution < 1.29 is 23.9 Å². The van der Waals surface area contributed by atoms with Crippen molar-refractivity contribution >= 4 is 62.5 Å². The first-order valence-corrected chi connectivity index (χ1v) is 12.8. The average molecular weight is 513 g/mol. The third kappa shape index (κ3) is 4.87. The van der Waals surface area contributed by atoms with Crippen LogP contribution in [0.25, 0.3) is 16.6 Å². The zero-order valence-electron chi connectivity index (χ0n) is 19.7. The minimum Gasteiger partial charge on any atom is -0.462 e. The zero-order chi connectivity index (χ0) is 25.1. The smallest absolute Gasteiger partial charge is 0.348 e. The molecule has 0 atom stereocenters. The van der Waals surface area contributed by atoms with E-state index in [0.29, 0.717) is 16.4 Å². The van der Waals surface area contributed by atoms with Gasteiger partial charge in [-0.2, -0.15) is 0 Å². The zero-order valence-corrected chi connectivity index (χ0v) is 21.3. The molecule has 0 aliphatic rings. The number of thioether (sulfide) groups is 1. The highest BCUT2D eigenvalue weighted by molar-refractivity contribution is 7.99. The Labute approximate surface area is 209 Å². The molecular weight excluding hydrogens is 488 g/mol. The lowest BCUT2D eigenvalue weighted by Gasteiger charge is -2.08. The number of amides is 1. The van der Waals surface area contributed by atoms with Gasteiger partial charge in [0.2, 0.25) is 5.91 Å². The Hall–Kier alpha value is -3.44. The quantitative estimate of drug-likeness (QED) is 0.268. The summed E-state index contributed by atoms with van der Waals surface area (Å²) < 4.78 is 12.1. The van der Waals surface area contributed by atoms with E-state index in [2.05, 4.69) is 15.5 Å². The average Bonchev–Trinajstić information content (AvgIpc) is 3.38. The standard InChI is InChI=1S/C24H24N4O5S2/c1-5-32-22(30)19-14(4)20(23(31)33-6-2)35-21(19)25-18(29)12-34-24-27-26-17-11-13(3)15-9-7-8-10-16(15)28(17)24/h7-11H,5-6,12H2,1-4H3,(H,25,29). The molecule has 0 bridgehead atoms. The summed E-state index contributed by atoms with van der Waals surface area (Å²) in [6.45, 7) is 7.41. The third-order valence-electron chi connectivity index (χ3n) is 5.25. The molecule has 0 aliphatic heterocycles. The lowest BCUT2D eigenvalue weighted by atomic mass is 10.1. The Morgan fingerprint density at radius 3 is 2.51 bits per heavy atom. The Morgan fingerprint density at radius 1 is 1.06 bits per heavy atom. The van der Waals surface area contributed by atoms with Crippen LogP contribution in [0, 0.1) is 13.8 Å². The van der Waals surface area contributed by atoms with E-state index >= 15 is 0 Å². The van der Waals surface area contributed by atoms with Gasteiger partial charge in [-0.05, 0) is 51.0 Å². The first kappa shape index (κ1) is 24.7. The second kappa shape index (κ2) is 10.4. The van der Waals surface area contributed by atoms with Crippen molar-refractivity contribution in [3.63, 3.8) is 0 Å². The number of carbonyl (C=O) groups is 3. The normalized spacial score (nSPS) is 11.1. The van der Waals surface area contributed by atoms with Crippen LogP contribution in [0.5, 0.6) is 0 Å². The highest BCUT2D eigenvalue weighted by atomic mass is 32.2. The second-order valence-electron chi connectivity index (χ2n) is 7.56. The molecule has 0 saturated heterocycles. The highest BCUT2D eigenvalue weighted by Crippen LogP contribution is 2.35. The number of nitrogens with one attached hydrogen (secondary N) is 1. The summed E-state index contributed by atoms with van der Waals surface area (Å²) in [5.41, 5.74) is 3.31. The summed E-state index contributed by atoms with van der Waals surface area (Å²) in [6, 6.07) is 9.89. The number of hydrogen-bond donors (Lipinski definition) is 1. The molecule has 0 aliphatic carbocycles. The van der Waals surface area contributed by atoms with E-state index < -0.39 is 11.9 Å². The minimum absolute atomic E-state index is 0.0248. The van der Waals surface area contributed by atoms with Gasteiger partial charge in [-0.15, -0.1) is 21.5 Å². The molecule has 182 valence electrons. The van der Waals surface area contributed by atoms with Crippen molar-refractivity contribution in [2.24, 2.45) is 0 Å². The maximum Gasteiger partial charge on any atom is 0.348 e. The first-order chi connectivity index (χ1) is 16.8. The van der Waals surface area contributed by atoms with Crippen molar-refractivity contribution in [1.29, 1.82) is 0 Å². The van der Waals surface area contributed by atoms with E-state index in [0.717, 1.165) is 27.8 Å². The SMILES string of the molecule is CCOC(=O)c1sc(NC(=O)CSc2nnc3cc(C)c4ccccc4n23)c(C(=O)OCC)c1C. The number of ether oxygens (including phenoxy) is 2. The van der Waals surface area contributed by atoms with Crippen LogP contribution >= 0.6 is 23.1 Å². The van der Waals surface area contributed by atoms with Crippen molar-refractivity contribution in [3.05, 3.63) is 51.9 Å². The fourth-order valence-electron chi connectivity index (χ4n) is 3.70. The van der Waals surface area contributed by atoms with Gasteiger partial charge in [0, 0.05) is 5.39 Å². The number of nitrogens with zero attached hydrogens (tertiary/aromatic N) is 3. The molecular formula is C24H24N4O5S2.